The summed E-state index contributed by atoms with van der Waals surface area (Å²) in [6, 6.07) is 8.00. The van der Waals surface area contributed by atoms with Crippen LogP contribution in [-0.2, 0) is 4.79 Å². The van der Waals surface area contributed by atoms with Gasteiger partial charge in [0.15, 0.2) is 0 Å². The standard InChI is InChI=1S/C16H22N2O2S/c1-12(18-7-10-21-11-8-18)16(19)17-14-6-9-20-15-5-3-2-4-13(14)15/h2-5,12,14H,6-11H2,1H3,(H,17,19). The van der Waals surface area contributed by atoms with Crippen molar-refractivity contribution in [1.29, 1.82) is 0 Å². The normalized spacial score (nSPS) is 23.8. The van der Waals surface area contributed by atoms with Crippen LogP contribution in [0.3, 0.4) is 0 Å². The molecule has 1 amide bonds. The lowest BCUT2D eigenvalue weighted by Gasteiger charge is -2.33. The number of nitrogens with one attached hydrogen (secondary N) is 1. The lowest BCUT2D eigenvalue weighted by Crippen LogP contribution is -2.49. The first-order valence-corrected chi connectivity index (χ1v) is 8.75. The molecule has 5 heteroatoms. The molecule has 0 saturated carbocycles. The van der Waals surface area contributed by atoms with Gasteiger partial charge < -0.3 is 10.1 Å². The number of thioether (sulfide) groups is 1. The number of carbonyl (C=O) groups excluding carboxylic acids is 1. The highest BCUT2D eigenvalue weighted by Gasteiger charge is 2.27. The first-order valence-electron chi connectivity index (χ1n) is 7.59. The van der Waals surface area contributed by atoms with Gasteiger partial charge in [0.25, 0.3) is 0 Å². The summed E-state index contributed by atoms with van der Waals surface area (Å²) in [5, 5.41) is 3.20. The monoisotopic (exact) mass is 306 g/mol. The van der Waals surface area contributed by atoms with Gasteiger partial charge in [-0.2, -0.15) is 11.8 Å². The van der Waals surface area contributed by atoms with E-state index in [1.807, 2.05) is 43.0 Å². The molecule has 21 heavy (non-hydrogen) atoms. The van der Waals surface area contributed by atoms with E-state index in [4.69, 9.17) is 4.74 Å². The Labute approximate surface area is 130 Å². The zero-order valence-electron chi connectivity index (χ0n) is 12.4. The lowest BCUT2D eigenvalue weighted by molar-refractivity contribution is -0.126. The zero-order chi connectivity index (χ0) is 14.7. The first-order chi connectivity index (χ1) is 10.3. The molecule has 0 spiro atoms. The fraction of sp³-hybridized carbons (Fsp3) is 0.562. The van der Waals surface area contributed by atoms with Gasteiger partial charge >= 0.3 is 0 Å². The van der Waals surface area contributed by atoms with E-state index in [0.29, 0.717) is 6.61 Å². The minimum Gasteiger partial charge on any atom is -0.493 e. The Bertz CT molecular complexity index is 503. The van der Waals surface area contributed by atoms with Gasteiger partial charge in [-0.05, 0) is 13.0 Å². The van der Waals surface area contributed by atoms with E-state index >= 15 is 0 Å². The number of nitrogens with zero attached hydrogens (tertiary/aromatic N) is 1. The molecule has 0 radical (unpaired) electrons. The predicted octanol–water partition coefficient (Wildman–Crippen LogP) is 2.06. The Kier molecular flexibility index (Phi) is 4.70. The van der Waals surface area contributed by atoms with Crippen LogP contribution in [0.15, 0.2) is 24.3 Å². The van der Waals surface area contributed by atoms with Crippen LogP contribution in [0.5, 0.6) is 5.75 Å². The molecule has 2 heterocycles. The van der Waals surface area contributed by atoms with E-state index in [9.17, 15) is 4.79 Å². The molecule has 2 aliphatic rings. The lowest BCUT2D eigenvalue weighted by atomic mass is 10.00. The largest absolute Gasteiger partial charge is 0.493 e. The van der Waals surface area contributed by atoms with Gasteiger partial charge in [0.05, 0.1) is 18.7 Å². The van der Waals surface area contributed by atoms with Crippen LogP contribution in [0, 0.1) is 0 Å². The molecule has 114 valence electrons. The second-order valence-corrected chi connectivity index (χ2v) is 6.79. The van der Waals surface area contributed by atoms with Crippen LogP contribution < -0.4 is 10.1 Å². The molecule has 1 aromatic rings. The predicted molar refractivity (Wildman–Crippen MR) is 85.8 cm³/mol. The summed E-state index contributed by atoms with van der Waals surface area (Å²) < 4.78 is 5.65. The first kappa shape index (κ1) is 14.7. The van der Waals surface area contributed by atoms with Crippen LogP contribution in [0.4, 0.5) is 0 Å². The highest BCUT2D eigenvalue weighted by molar-refractivity contribution is 7.99. The summed E-state index contributed by atoms with van der Waals surface area (Å²) in [6.45, 7) is 4.68. The van der Waals surface area contributed by atoms with Gasteiger partial charge in [0.2, 0.25) is 5.91 Å². The summed E-state index contributed by atoms with van der Waals surface area (Å²) in [6.07, 6.45) is 0.839. The minimum atomic E-state index is -0.0547. The van der Waals surface area contributed by atoms with Crippen LogP contribution in [-0.4, -0.2) is 48.1 Å². The topological polar surface area (TPSA) is 41.6 Å². The average molecular weight is 306 g/mol. The number of benzene rings is 1. The van der Waals surface area contributed by atoms with Crippen molar-refractivity contribution in [2.45, 2.75) is 25.4 Å². The highest BCUT2D eigenvalue weighted by Crippen LogP contribution is 2.31. The number of carbonyl (C=O) groups is 1. The van der Waals surface area contributed by atoms with E-state index in [0.717, 1.165) is 42.3 Å². The molecule has 2 atom stereocenters. The molecular formula is C16H22N2O2S. The maximum Gasteiger partial charge on any atom is 0.237 e. The smallest absolute Gasteiger partial charge is 0.237 e. The average Bonchev–Trinajstić information content (AvgIpc) is 2.55. The molecule has 3 rings (SSSR count). The fourth-order valence-corrected chi connectivity index (χ4v) is 3.85. The third kappa shape index (κ3) is 3.35. The number of amides is 1. The summed E-state index contributed by atoms with van der Waals surface area (Å²) in [7, 11) is 0. The van der Waals surface area contributed by atoms with Crippen LogP contribution in [0.25, 0.3) is 0 Å². The molecule has 2 aliphatic heterocycles. The minimum absolute atomic E-state index is 0.0547. The van der Waals surface area contributed by atoms with Crippen LogP contribution in [0.1, 0.15) is 24.9 Å². The summed E-state index contributed by atoms with van der Waals surface area (Å²) in [5.41, 5.74) is 1.10. The number of ether oxygens (including phenoxy) is 1. The number of para-hydroxylation sites is 1. The van der Waals surface area contributed by atoms with Gasteiger partial charge in [-0.1, -0.05) is 18.2 Å². The highest BCUT2D eigenvalue weighted by atomic mass is 32.2. The van der Waals surface area contributed by atoms with Gasteiger partial charge in [-0.25, -0.2) is 0 Å². The maximum absolute atomic E-state index is 12.5. The third-order valence-corrected chi connectivity index (χ3v) is 5.19. The second kappa shape index (κ2) is 6.71. The van der Waals surface area contributed by atoms with E-state index in [2.05, 4.69) is 10.2 Å². The fourth-order valence-electron chi connectivity index (χ4n) is 2.91. The van der Waals surface area contributed by atoms with E-state index in [1.165, 1.54) is 0 Å². The van der Waals surface area contributed by atoms with Gasteiger partial charge in [-0.3, -0.25) is 9.69 Å². The Balaban J connectivity index is 1.65. The molecule has 2 unspecified atom stereocenters. The number of hydrogen-bond donors (Lipinski definition) is 1. The van der Waals surface area contributed by atoms with Crippen molar-refractivity contribution in [3.8, 4) is 5.75 Å². The second-order valence-electron chi connectivity index (χ2n) is 5.56. The summed E-state index contributed by atoms with van der Waals surface area (Å²) >= 11 is 1.96. The van der Waals surface area contributed by atoms with Crippen molar-refractivity contribution in [1.82, 2.24) is 10.2 Å². The molecule has 1 N–H and O–H groups in total. The molecule has 4 nitrogen and oxygen atoms in total. The Morgan fingerprint density at radius 2 is 2.14 bits per heavy atom. The van der Waals surface area contributed by atoms with Gasteiger partial charge in [-0.15, -0.1) is 0 Å². The number of rotatable bonds is 3. The number of fused-ring (bicyclic) bond motifs is 1. The van der Waals surface area contributed by atoms with E-state index < -0.39 is 0 Å². The van der Waals surface area contributed by atoms with Crippen LogP contribution >= 0.6 is 11.8 Å². The summed E-state index contributed by atoms with van der Waals surface area (Å²) in [4.78, 5) is 14.8. The molecule has 0 aromatic heterocycles. The quantitative estimate of drug-likeness (QED) is 0.928. The Morgan fingerprint density at radius 1 is 1.38 bits per heavy atom. The third-order valence-electron chi connectivity index (χ3n) is 4.25. The molecular weight excluding hydrogens is 284 g/mol. The molecule has 1 fully saturated rings. The van der Waals surface area contributed by atoms with Crippen molar-refractivity contribution < 1.29 is 9.53 Å². The van der Waals surface area contributed by atoms with E-state index in [-0.39, 0.29) is 18.0 Å². The van der Waals surface area contributed by atoms with Crippen molar-refractivity contribution >= 4 is 17.7 Å². The SMILES string of the molecule is CC(C(=O)NC1CCOc2ccccc21)N1CCSCC1. The summed E-state index contributed by atoms with van der Waals surface area (Å²) in [5.74, 6) is 3.27. The van der Waals surface area contributed by atoms with Gasteiger partial charge in [0.1, 0.15) is 5.75 Å². The van der Waals surface area contributed by atoms with Crippen LogP contribution in [0.2, 0.25) is 0 Å². The van der Waals surface area contributed by atoms with Crippen molar-refractivity contribution in [2.75, 3.05) is 31.2 Å². The molecule has 0 aliphatic carbocycles. The van der Waals surface area contributed by atoms with Crippen molar-refractivity contribution in [3.05, 3.63) is 29.8 Å². The zero-order valence-corrected chi connectivity index (χ0v) is 13.2. The van der Waals surface area contributed by atoms with Gasteiger partial charge in [0, 0.05) is 36.6 Å². The Morgan fingerprint density at radius 3 is 2.95 bits per heavy atom. The number of hydrogen-bond acceptors (Lipinski definition) is 4. The van der Waals surface area contributed by atoms with E-state index in [1.54, 1.807) is 0 Å². The Hall–Kier alpha value is -1.20. The molecule has 1 saturated heterocycles. The van der Waals surface area contributed by atoms with Crippen molar-refractivity contribution in [3.63, 3.8) is 0 Å². The molecule has 1 aromatic carbocycles. The van der Waals surface area contributed by atoms with Crippen molar-refractivity contribution in [2.24, 2.45) is 0 Å². The molecule has 0 bridgehead atoms. The maximum atomic E-state index is 12.5.